The van der Waals surface area contributed by atoms with Gasteiger partial charge in [-0.3, -0.25) is 0 Å². The van der Waals surface area contributed by atoms with Crippen molar-refractivity contribution < 1.29 is 0 Å². The fourth-order valence-corrected chi connectivity index (χ4v) is 3.22. The molecule has 0 spiro atoms. The molecule has 0 amide bonds. The van der Waals surface area contributed by atoms with E-state index < -0.39 is 0 Å². The van der Waals surface area contributed by atoms with Gasteiger partial charge in [-0.2, -0.15) is 0 Å². The van der Waals surface area contributed by atoms with E-state index in [1.165, 1.54) is 49.8 Å². The maximum atomic E-state index is 3.63. The minimum atomic E-state index is 0.973. The van der Waals surface area contributed by atoms with E-state index in [0.717, 1.165) is 24.8 Å². The molecular weight excluding hydrogens is 230 g/mol. The van der Waals surface area contributed by atoms with Crippen LogP contribution in [0.1, 0.15) is 57.1 Å². The molecule has 0 saturated heterocycles. The first-order valence-corrected chi connectivity index (χ1v) is 8.07. The van der Waals surface area contributed by atoms with Crippen LogP contribution in [0.15, 0.2) is 24.3 Å². The summed E-state index contributed by atoms with van der Waals surface area (Å²) in [6.45, 7) is 6.85. The maximum Gasteiger partial charge on any atom is 0.0208 e. The van der Waals surface area contributed by atoms with Gasteiger partial charge < -0.3 is 5.32 Å². The van der Waals surface area contributed by atoms with Crippen LogP contribution < -0.4 is 5.32 Å². The number of benzene rings is 1. The summed E-state index contributed by atoms with van der Waals surface area (Å²) in [6.07, 6.45) is 8.30. The first-order valence-electron chi connectivity index (χ1n) is 8.07. The number of hydrogen-bond acceptors (Lipinski definition) is 1. The molecule has 0 unspecified atom stereocenters. The van der Waals surface area contributed by atoms with E-state index >= 15 is 0 Å². The smallest absolute Gasteiger partial charge is 0.0208 e. The van der Waals surface area contributed by atoms with Crippen LogP contribution in [0.4, 0.5) is 0 Å². The summed E-state index contributed by atoms with van der Waals surface area (Å²) in [5.74, 6) is 1.95. The first kappa shape index (κ1) is 14.6. The van der Waals surface area contributed by atoms with Crippen molar-refractivity contribution in [3.8, 4) is 0 Å². The third-order valence-corrected chi connectivity index (χ3v) is 4.68. The van der Waals surface area contributed by atoms with Crippen LogP contribution in [0.5, 0.6) is 0 Å². The molecule has 1 nitrogen and oxygen atoms in total. The molecule has 0 heterocycles. The van der Waals surface area contributed by atoms with Crippen LogP contribution in [0.25, 0.3) is 0 Å². The van der Waals surface area contributed by atoms with Gasteiger partial charge in [-0.25, -0.2) is 0 Å². The summed E-state index contributed by atoms with van der Waals surface area (Å²) >= 11 is 0. The van der Waals surface area contributed by atoms with Crippen molar-refractivity contribution in [3.05, 3.63) is 35.4 Å². The van der Waals surface area contributed by atoms with Crippen LogP contribution in [-0.4, -0.2) is 6.54 Å². The van der Waals surface area contributed by atoms with E-state index in [1.54, 1.807) is 0 Å². The van der Waals surface area contributed by atoms with E-state index in [-0.39, 0.29) is 0 Å². The summed E-state index contributed by atoms with van der Waals surface area (Å²) in [5, 5.41) is 3.63. The molecule has 1 saturated carbocycles. The second-order valence-electron chi connectivity index (χ2n) is 6.21. The lowest BCUT2D eigenvalue weighted by atomic mass is 9.81. The van der Waals surface area contributed by atoms with Crippen LogP contribution in [0, 0.1) is 11.8 Å². The number of rotatable bonds is 6. The normalized spacial score (nSPS) is 23.5. The van der Waals surface area contributed by atoms with Crippen LogP contribution in [0.3, 0.4) is 0 Å². The van der Waals surface area contributed by atoms with Gasteiger partial charge >= 0.3 is 0 Å². The van der Waals surface area contributed by atoms with Crippen LogP contribution in [0.2, 0.25) is 0 Å². The highest BCUT2D eigenvalue weighted by Crippen LogP contribution is 2.29. The van der Waals surface area contributed by atoms with E-state index in [4.69, 9.17) is 0 Å². The molecule has 1 aromatic rings. The predicted octanol–water partition coefficient (Wildman–Crippen LogP) is 4.56. The molecule has 1 aliphatic rings. The number of aryl methyl sites for hydroxylation is 1. The summed E-state index contributed by atoms with van der Waals surface area (Å²) in [4.78, 5) is 0. The van der Waals surface area contributed by atoms with Crippen molar-refractivity contribution in [2.45, 2.75) is 58.9 Å². The minimum absolute atomic E-state index is 0.973. The second-order valence-corrected chi connectivity index (χ2v) is 6.21. The second kappa shape index (κ2) is 7.69. The maximum absolute atomic E-state index is 3.63. The van der Waals surface area contributed by atoms with Crippen LogP contribution in [-0.2, 0) is 13.0 Å². The summed E-state index contributed by atoms with van der Waals surface area (Å²) in [5.41, 5.74) is 2.96. The summed E-state index contributed by atoms with van der Waals surface area (Å²) < 4.78 is 0. The lowest BCUT2D eigenvalue weighted by Crippen LogP contribution is -2.21. The highest BCUT2D eigenvalue weighted by molar-refractivity contribution is 5.26. The van der Waals surface area contributed by atoms with Crippen molar-refractivity contribution in [3.63, 3.8) is 0 Å². The summed E-state index contributed by atoms with van der Waals surface area (Å²) in [6, 6.07) is 8.80. The largest absolute Gasteiger partial charge is 0.313 e. The topological polar surface area (TPSA) is 12.0 Å². The van der Waals surface area contributed by atoms with Gasteiger partial charge in [0.25, 0.3) is 0 Å². The molecule has 0 atom stereocenters. The minimum Gasteiger partial charge on any atom is -0.313 e. The van der Waals surface area contributed by atoms with Gasteiger partial charge in [0.2, 0.25) is 0 Å². The summed E-state index contributed by atoms with van der Waals surface area (Å²) in [7, 11) is 0. The SMILES string of the molecule is CCc1ccccc1CNCCC1CCC(C)CC1. The van der Waals surface area contributed by atoms with Gasteiger partial charge in [0.1, 0.15) is 0 Å². The molecule has 1 aromatic carbocycles. The molecule has 1 heteroatoms. The van der Waals surface area contributed by atoms with Crippen molar-refractivity contribution in [2.75, 3.05) is 6.54 Å². The highest BCUT2D eigenvalue weighted by Gasteiger charge is 2.17. The zero-order valence-electron chi connectivity index (χ0n) is 12.6. The van der Waals surface area contributed by atoms with Gasteiger partial charge in [0, 0.05) is 6.54 Å². The monoisotopic (exact) mass is 259 g/mol. The van der Waals surface area contributed by atoms with Gasteiger partial charge in [0.05, 0.1) is 0 Å². The zero-order chi connectivity index (χ0) is 13.5. The van der Waals surface area contributed by atoms with E-state index in [9.17, 15) is 0 Å². The Balaban J connectivity index is 1.66. The molecule has 19 heavy (non-hydrogen) atoms. The Morgan fingerprint density at radius 2 is 1.74 bits per heavy atom. The Bertz CT molecular complexity index is 364. The quantitative estimate of drug-likeness (QED) is 0.739. The Labute approximate surface area is 118 Å². The van der Waals surface area contributed by atoms with Gasteiger partial charge in [-0.1, -0.05) is 63.8 Å². The van der Waals surface area contributed by atoms with Crippen molar-refractivity contribution in [1.29, 1.82) is 0 Å². The Kier molecular flexibility index (Phi) is 5.91. The molecule has 0 aliphatic heterocycles. The Hall–Kier alpha value is -0.820. The molecule has 1 aliphatic carbocycles. The van der Waals surface area contributed by atoms with E-state index in [1.807, 2.05) is 0 Å². The third-order valence-electron chi connectivity index (χ3n) is 4.68. The van der Waals surface area contributed by atoms with Crippen molar-refractivity contribution >= 4 is 0 Å². The number of nitrogens with one attached hydrogen (secondary N) is 1. The molecular formula is C18H29N. The highest BCUT2D eigenvalue weighted by atomic mass is 14.8. The van der Waals surface area contributed by atoms with Crippen LogP contribution >= 0.6 is 0 Å². The predicted molar refractivity (Wildman–Crippen MR) is 83.3 cm³/mol. The molecule has 0 bridgehead atoms. The van der Waals surface area contributed by atoms with E-state index in [2.05, 4.69) is 43.4 Å². The van der Waals surface area contributed by atoms with E-state index in [0.29, 0.717) is 0 Å². The standard InChI is InChI=1S/C18H29N/c1-3-17-6-4-5-7-18(17)14-19-13-12-16-10-8-15(2)9-11-16/h4-7,15-16,19H,3,8-14H2,1-2H3. The van der Waals surface area contributed by atoms with Crippen molar-refractivity contribution in [1.82, 2.24) is 5.32 Å². The van der Waals surface area contributed by atoms with Gasteiger partial charge in [-0.15, -0.1) is 0 Å². The Morgan fingerprint density at radius 1 is 1.05 bits per heavy atom. The third kappa shape index (κ3) is 4.65. The van der Waals surface area contributed by atoms with Gasteiger partial charge in [0.15, 0.2) is 0 Å². The van der Waals surface area contributed by atoms with Crippen molar-refractivity contribution in [2.24, 2.45) is 11.8 Å². The molecule has 0 aromatic heterocycles. The number of hydrogen-bond donors (Lipinski definition) is 1. The fraction of sp³-hybridized carbons (Fsp3) is 0.667. The zero-order valence-corrected chi connectivity index (χ0v) is 12.6. The molecule has 1 N–H and O–H groups in total. The lowest BCUT2D eigenvalue weighted by Gasteiger charge is -2.26. The molecule has 2 rings (SSSR count). The average Bonchev–Trinajstić information content (AvgIpc) is 2.46. The molecule has 106 valence electrons. The lowest BCUT2D eigenvalue weighted by molar-refractivity contribution is 0.275. The molecule has 0 radical (unpaired) electrons. The first-order chi connectivity index (χ1) is 9.29. The fourth-order valence-electron chi connectivity index (χ4n) is 3.22. The molecule has 1 fully saturated rings. The average molecular weight is 259 g/mol. The Morgan fingerprint density at radius 3 is 2.42 bits per heavy atom. The van der Waals surface area contributed by atoms with Gasteiger partial charge in [-0.05, 0) is 42.3 Å².